The predicted octanol–water partition coefficient (Wildman–Crippen LogP) is 5.24. The van der Waals surface area contributed by atoms with E-state index in [1.165, 1.54) is 18.2 Å². The zero-order valence-electron chi connectivity index (χ0n) is 16.1. The van der Waals surface area contributed by atoms with Crippen molar-refractivity contribution >= 4 is 11.9 Å². The number of benzene rings is 2. The van der Waals surface area contributed by atoms with E-state index in [1.807, 2.05) is 13.0 Å². The second-order valence-corrected chi connectivity index (χ2v) is 6.36. The van der Waals surface area contributed by atoms with E-state index in [-0.39, 0.29) is 17.3 Å². The van der Waals surface area contributed by atoms with Crippen LogP contribution in [0.25, 0.3) is 6.08 Å². The molecule has 2 N–H and O–H groups in total. The minimum absolute atomic E-state index is 0.0774. The van der Waals surface area contributed by atoms with Crippen LogP contribution in [0.5, 0.6) is 17.2 Å². The Kier molecular flexibility index (Phi) is 7.64. The first-order valence-corrected chi connectivity index (χ1v) is 9.25. The van der Waals surface area contributed by atoms with Gasteiger partial charge < -0.3 is 14.9 Å². The lowest BCUT2D eigenvalue weighted by molar-refractivity contribution is 0.104. The normalized spacial score (nSPS) is 10.8. The molecule has 0 unspecified atom stereocenters. The van der Waals surface area contributed by atoms with Crippen molar-refractivity contribution in [3.8, 4) is 17.2 Å². The largest absolute Gasteiger partial charge is 0.508 e. The molecule has 2 aromatic carbocycles. The van der Waals surface area contributed by atoms with Crippen LogP contribution in [0.3, 0.4) is 0 Å². The van der Waals surface area contributed by atoms with Crippen molar-refractivity contribution in [1.82, 2.24) is 0 Å². The maximum absolute atomic E-state index is 12.5. The number of rotatable bonds is 10. The maximum atomic E-state index is 12.5. The monoisotopic (exact) mass is 378 g/mol. The number of aromatic hydroxyl groups is 2. The average Bonchev–Trinajstić information content (AvgIpc) is 2.69. The van der Waals surface area contributed by atoms with Gasteiger partial charge in [0, 0.05) is 5.56 Å². The van der Waals surface area contributed by atoms with Gasteiger partial charge in [0.1, 0.15) is 17.2 Å². The highest BCUT2D eigenvalue weighted by Gasteiger charge is 2.17. The van der Waals surface area contributed by atoms with Crippen molar-refractivity contribution in [3.05, 3.63) is 84.0 Å². The second-order valence-electron chi connectivity index (χ2n) is 6.36. The first kappa shape index (κ1) is 21.0. The van der Waals surface area contributed by atoms with Crippen LogP contribution in [0.15, 0.2) is 61.7 Å². The van der Waals surface area contributed by atoms with Gasteiger partial charge in [-0.2, -0.15) is 0 Å². The number of carbonyl (C=O) groups is 1. The highest BCUT2D eigenvalue weighted by atomic mass is 16.5. The smallest absolute Gasteiger partial charge is 0.185 e. The number of carbonyl (C=O) groups excluding carboxylic acids is 1. The molecule has 2 aromatic rings. The van der Waals surface area contributed by atoms with E-state index in [1.54, 1.807) is 30.4 Å². The Morgan fingerprint density at radius 3 is 2.32 bits per heavy atom. The van der Waals surface area contributed by atoms with Crippen molar-refractivity contribution in [2.24, 2.45) is 0 Å². The molecule has 0 spiro atoms. The van der Waals surface area contributed by atoms with Gasteiger partial charge in [-0.1, -0.05) is 19.1 Å². The van der Waals surface area contributed by atoms with Gasteiger partial charge in [0.25, 0.3) is 0 Å². The van der Waals surface area contributed by atoms with Crippen molar-refractivity contribution in [1.29, 1.82) is 0 Å². The summed E-state index contributed by atoms with van der Waals surface area (Å²) < 4.78 is 5.91. The van der Waals surface area contributed by atoms with Crippen LogP contribution in [0.4, 0.5) is 0 Å². The van der Waals surface area contributed by atoms with Gasteiger partial charge in [0.05, 0.1) is 12.2 Å². The first-order chi connectivity index (χ1) is 13.5. The average molecular weight is 378 g/mol. The molecule has 0 aliphatic rings. The molecule has 0 atom stereocenters. The fourth-order valence-corrected chi connectivity index (χ4v) is 2.83. The van der Waals surface area contributed by atoms with Crippen LogP contribution >= 0.6 is 0 Å². The molecule has 28 heavy (non-hydrogen) atoms. The van der Waals surface area contributed by atoms with E-state index >= 15 is 0 Å². The lowest BCUT2D eigenvalue weighted by atomic mass is 9.97. The Balaban J connectivity index is 2.51. The molecule has 0 aliphatic carbocycles. The number of phenolic OH excluding ortho intramolecular Hbond substituents is 2. The number of hydrogen-bond acceptors (Lipinski definition) is 4. The Morgan fingerprint density at radius 1 is 1.07 bits per heavy atom. The Morgan fingerprint density at radius 2 is 1.71 bits per heavy atom. The zero-order chi connectivity index (χ0) is 20.5. The van der Waals surface area contributed by atoms with Gasteiger partial charge >= 0.3 is 0 Å². The number of allylic oxidation sites excluding steroid dienone is 3. The number of hydrogen-bond donors (Lipinski definition) is 2. The molecule has 0 bridgehead atoms. The Hall–Kier alpha value is -3.27. The molecule has 0 fully saturated rings. The van der Waals surface area contributed by atoms with Crippen LogP contribution in [0.1, 0.15) is 40.4 Å². The number of phenols is 2. The lowest BCUT2D eigenvalue weighted by Gasteiger charge is -2.17. The highest BCUT2D eigenvalue weighted by molar-refractivity contribution is 6.07. The molecular formula is C24H26O4. The van der Waals surface area contributed by atoms with Crippen molar-refractivity contribution in [3.63, 3.8) is 0 Å². The van der Waals surface area contributed by atoms with Crippen molar-refractivity contribution in [2.75, 3.05) is 6.61 Å². The molecule has 0 amide bonds. The summed E-state index contributed by atoms with van der Waals surface area (Å²) >= 11 is 0. The van der Waals surface area contributed by atoms with Crippen LogP contribution in [0, 0.1) is 0 Å². The molecule has 0 saturated heterocycles. The summed E-state index contributed by atoms with van der Waals surface area (Å²) in [7, 11) is 0. The third-order valence-electron chi connectivity index (χ3n) is 4.18. The molecule has 4 nitrogen and oxygen atoms in total. The number of ketones is 1. The molecule has 0 radical (unpaired) electrons. The van der Waals surface area contributed by atoms with Gasteiger partial charge in [-0.3, -0.25) is 4.79 Å². The molecular weight excluding hydrogens is 352 g/mol. The lowest BCUT2D eigenvalue weighted by Crippen LogP contribution is -2.03. The topological polar surface area (TPSA) is 66.8 Å². The van der Waals surface area contributed by atoms with Crippen molar-refractivity contribution in [2.45, 2.75) is 26.2 Å². The van der Waals surface area contributed by atoms with Gasteiger partial charge in [0.15, 0.2) is 5.78 Å². The van der Waals surface area contributed by atoms with Gasteiger partial charge in [0.2, 0.25) is 0 Å². The molecule has 0 aliphatic heterocycles. The van der Waals surface area contributed by atoms with Crippen LogP contribution < -0.4 is 4.74 Å². The number of ether oxygens (including phenoxy) is 1. The fourth-order valence-electron chi connectivity index (χ4n) is 2.83. The first-order valence-electron chi connectivity index (χ1n) is 9.25. The van der Waals surface area contributed by atoms with Gasteiger partial charge in [-0.05, 0) is 72.9 Å². The van der Waals surface area contributed by atoms with E-state index in [2.05, 4.69) is 13.2 Å². The summed E-state index contributed by atoms with van der Waals surface area (Å²) in [4.78, 5) is 12.5. The summed E-state index contributed by atoms with van der Waals surface area (Å²) in [6, 6.07) is 7.91. The van der Waals surface area contributed by atoms with E-state index in [0.717, 1.165) is 12.0 Å². The SMILES string of the molecule is C=CCc1cc(CC=C)c(OCCC)c(/C=C/C(=O)c2ccc(O)cc2)c1O. The second kappa shape index (κ2) is 10.2. The molecule has 0 heterocycles. The minimum atomic E-state index is -0.236. The summed E-state index contributed by atoms with van der Waals surface area (Å²) in [6.07, 6.45) is 8.36. The minimum Gasteiger partial charge on any atom is -0.508 e. The van der Waals surface area contributed by atoms with E-state index in [9.17, 15) is 15.0 Å². The third kappa shape index (κ3) is 5.13. The summed E-state index contributed by atoms with van der Waals surface area (Å²) in [5.74, 6) is 0.496. The van der Waals surface area contributed by atoms with Crippen LogP contribution in [0.2, 0.25) is 0 Å². The van der Waals surface area contributed by atoms with Gasteiger partial charge in [-0.25, -0.2) is 0 Å². The molecule has 146 valence electrons. The maximum Gasteiger partial charge on any atom is 0.185 e. The van der Waals surface area contributed by atoms with Crippen LogP contribution in [-0.2, 0) is 12.8 Å². The van der Waals surface area contributed by atoms with E-state index < -0.39 is 0 Å². The molecule has 0 saturated carbocycles. The fraction of sp³-hybridized carbons (Fsp3) is 0.208. The highest BCUT2D eigenvalue weighted by Crippen LogP contribution is 2.37. The predicted molar refractivity (Wildman–Crippen MR) is 113 cm³/mol. The van der Waals surface area contributed by atoms with E-state index in [4.69, 9.17) is 4.74 Å². The van der Waals surface area contributed by atoms with Crippen molar-refractivity contribution < 1.29 is 19.7 Å². The standard InChI is InChI=1S/C24H26O4/c1-4-7-18-16-19(8-5-2)24(28-15-6-3)21(23(18)27)13-14-22(26)17-9-11-20(25)12-10-17/h4-5,9-14,16,25,27H,1-2,6-8,15H2,3H3/b14-13+. The van der Waals surface area contributed by atoms with Crippen LogP contribution in [-0.4, -0.2) is 22.6 Å². The molecule has 4 heteroatoms. The summed E-state index contributed by atoms with van der Waals surface area (Å²) in [5, 5.41) is 20.1. The molecule has 2 rings (SSSR count). The molecule has 0 aromatic heterocycles. The van der Waals surface area contributed by atoms with E-state index in [0.29, 0.717) is 41.9 Å². The van der Waals surface area contributed by atoms with Gasteiger partial charge in [-0.15, -0.1) is 13.2 Å². The Bertz CT molecular complexity index is 876. The quantitative estimate of drug-likeness (QED) is 0.337. The summed E-state index contributed by atoms with van der Waals surface area (Å²) in [6.45, 7) is 10.0. The third-order valence-corrected chi connectivity index (χ3v) is 4.18. The Labute approximate surface area is 166 Å². The zero-order valence-corrected chi connectivity index (χ0v) is 16.1. The summed E-state index contributed by atoms with van der Waals surface area (Å²) in [5.41, 5.74) is 2.53.